The number of benzene rings is 1. The fourth-order valence-corrected chi connectivity index (χ4v) is 4.65. The number of amides is 2. The first-order chi connectivity index (χ1) is 14.5. The maximum absolute atomic E-state index is 14.0. The number of nitrogens with zero attached hydrogens (tertiary/aromatic N) is 4. The number of carbonyl (C=O) groups excluding carboxylic acids is 2. The van der Waals surface area contributed by atoms with E-state index in [2.05, 4.69) is 4.98 Å². The van der Waals surface area contributed by atoms with Crippen molar-refractivity contribution in [1.29, 1.82) is 0 Å². The Morgan fingerprint density at radius 2 is 1.67 bits per heavy atom. The van der Waals surface area contributed by atoms with Crippen LogP contribution in [0.25, 0.3) is 5.13 Å². The van der Waals surface area contributed by atoms with Crippen molar-refractivity contribution in [2.75, 3.05) is 26.2 Å². The molecule has 6 nitrogen and oxygen atoms in total. The van der Waals surface area contributed by atoms with Crippen LogP contribution in [0.1, 0.15) is 38.5 Å². The largest absolute Gasteiger partial charge is 0.337 e. The van der Waals surface area contributed by atoms with Crippen LogP contribution in [0.15, 0.2) is 41.9 Å². The molecule has 0 spiro atoms. The van der Waals surface area contributed by atoms with Crippen molar-refractivity contribution in [3.63, 3.8) is 0 Å². The lowest BCUT2D eigenvalue weighted by Crippen LogP contribution is -2.37. The predicted molar refractivity (Wildman–Crippen MR) is 114 cm³/mol. The van der Waals surface area contributed by atoms with Gasteiger partial charge in [0.15, 0.2) is 5.13 Å². The van der Waals surface area contributed by atoms with Gasteiger partial charge >= 0.3 is 0 Å². The smallest absolute Gasteiger partial charge is 0.256 e. The summed E-state index contributed by atoms with van der Waals surface area (Å²) in [5.74, 6) is -0.898. The molecule has 0 N–H and O–H groups in total. The molecule has 4 rings (SSSR count). The fourth-order valence-electron chi connectivity index (χ4n) is 3.90. The number of rotatable bonds is 3. The molecule has 0 radical (unpaired) electrons. The van der Waals surface area contributed by atoms with E-state index in [-0.39, 0.29) is 17.4 Å². The number of carbonyl (C=O) groups is 2. The second-order valence-electron chi connectivity index (χ2n) is 7.35. The molecular formula is C22H23FN4O2S. The molecule has 0 aliphatic carbocycles. The summed E-state index contributed by atoms with van der Waals surface area (Å²) in [7, 11) is 0. The zero-order valence-corrected chi connectivity index (χ0v) is 17.8. The van der Waals surface area contributed by atoms with Gasteiger partial charge < -0.3 is 9.80 Å². The lowest BCUT2D eigenvalue weighted by atomic mass is 10.2. The molecule has 1 saturated heterocycles. The zero-order valence-electron chi connectivity index (χ0n) is 17.0. The van der Waals surface area contributed by atoms with Gasteiger partial charge in [0, 0.05) is 49.1 Å². The number of aromatic nitrogens is 2. The first-order valence-corrected chi connectivity index (χ1v) is 10.8. The SMILES string of the molecule is Cc1cc(C(=O)N2CCCN(C(=O)c3ccccc3F)CC2)c(C)n1-c1nccs1. The quantitative estimate of drug-likeness (QED) is 0.642. The van der Waals surface area contributed by atoms with E-state index in [0.29, 0.717) is 38.2 Å². The van der Waals surface area contributed by atoms with E-state index in [0.717, 1.165) is 16.5 Å². The van der Waals surface area contributed by atoms with E-state index >= 15 is 0 Å². The molecule has 2 amide bonds. The van der Waals surface area contributed by atoms with Gasteiger partial charge in [-0.1, -0.05) is 12.1 Å². The monoisotopic (exact) mass is 426 g/mol. The number of hydrogen-bond donors (Lipinski definition) is 0. The molecule has 3 aromatic rings. The van der Waals surface area contributed by atoms with Gasteiger partial charge in [0.25, 0.3) is 11.8 Å². The van der Waals surface area contributed by atoms with Crippen LogP contribution < -0.4 is 0 Å². The summed E-state index contributed by atoms with van der Waals surface area (Å²) in [6, 6.07) is 7.91. The Balaban J connectivity index is 1.50. The van der Waals surface area contributed by atoms with Crippen molar-refractivity contribution in [3.05, 3.63) is 70.2 Å². The molecule has 8 heteroatoms. The Morgan fingerprint density at radius 3 is 2.30 bits per heavy atom. The van der Waals surface area contributed by atoms with Crippen LogP contribution in [0.4, 0.5) is 4.39 Å². The van der Waals surface area contributed by atoms with Gasteiger partial charge in [-0.15, -0.1) is 11.3 Å². The van der Waals surface area contributed by atoms with Crippen molar-refractivity contribution in [2.45, 2.75) is 20.3 Å². The van der Waals surface area contributed by atoms with Crippen LogP contribution in [0.3, 0.4) is 0 Å². The van der Waals surface area contributed by atoms with Crippen molar-refractivity contribution in [1.82, 2.24) is 19.4 Å². The van der Waals surface area contributed by atoms with Crippen LogP contribution in [0, 0.1) is 19.7 Å². The number of hydrogen-bond acceptors (Lipinski definition) is 4. The number of aryl methyl sites for hydroxylation is 1. The van der Waals surface area contributed by atoms with Gasteiger partial charge in [0.2, 0.25) is 0 Å². The molecule has 1 fully saturated rings. The lowest BCUT2D eigenvalue weighted by Gasteiger charge is -2.22. The van der Waals surface area contributed by atoms with Crippen LogP contribution >= 0.6 is 11.3 Å². The maximum Gasteiger partial charge on any atom is 0.256 e. The molecule has 0 saturated carbocycles. The first-order valence-electron chi connectivity index (χ1n) is 9.89. The van der Waals surface area contributed by atoms with Gasteiger partial charge in [-0.05, 0) is 38.5 Å². The highest BCUT2D eigenvalue weighted by atomic mass is 32.1. The highest BCUT2D eigenvalue weighted by Crippen LogP contribution is 2.24. The van der Waals surface area contributed by atoms with Gasteiger partial charge in [-0.2, -0.15) is 0 Å². The third-order valence-corrected chi connectivity index (χ3v) is 6.20. The average Bonchev–Trinajstić information content (AvgIpc) is 3.27. The zero-order chi connectivity index (χ0) is 21.3. The summed E-state index contributed by atoms with van der Waals surface area (Å²) in [5.41, 5.74) is 2.54. The molecule has 156 valence electrons. The molecule has 1 aliphatic heterocycles. The number of halogens is 1. The van der Waals surface area contributed by atoms with E-state index < -0.39 is 5.82 Å². The van der Waals surface area contributed by atoms with Crippen LogP contribution in [0.5, 0.6) is 0 Å². The number of thiazole rings is 1. The third-order valence-electron chi connectivity index (χ3n) is 5.45. The maximum atomic E-state index is 14.0. The second kappa shape index (κ2) is 8.39. The van der Waals surface area contributed by atoms with Crippen LogP contribution in [-0.2, 0) is 0 Å². The van der Waals surface area contributed by atoms with Crippen LogP contribution in [-0.4, -0.2) is 57.3 Å². The summed E-state index contributed by atoms with van der Waals surface area (Å²) in [6.45, 7) is 5.73. The predicted octanol–water partition coefficient (Wildman–Crippen LogP) is 3.68. The van der Waals surface area contributed by atoms with E-state index in [9.17, 15) is 14.0 Å². The van der Waals surface area contributed by atoms with Crippen molar-refractivity contribution < 1.29 is 14.0 Å². The van der Waals surface area contributed by atoms with Crippen LogP contribution in [0.2, 0.25) is 0 Å². The summed E-state index contributed by atoms with van der Waals surface area (Å²) >= 11 is 1.52. The van der Waals surface area contributed by atoms with Crippen molar-refractivity contribution >= 4 is 23.2 Å². The second-order valence-corrected chi connectivity index (χ2v) is 8.23. The van der Waals surface area contributed by atoms with Gasteiger partial charge in [-0.3, -0.25) is 14.2 Å². The summed E-state index contributed by atoms with van der Waals surface area (Å²) in [5, 5.41) is 2.74. The Kier molecular flexibility index (Phi) is 5.67. The van der Waals surface area contributed by atoms with Gasteiger partial charge in [-0.25, -0.2) is 9.37 Å². The minimum Gasteiger partial charge on any atom is -0.337 e. The summed E-state index contributed by atoms with van der Waals surface area (Å²) in [6.07, 6.45) is 2.40. The first kappa shape index (κ1) is 20.3. The van der Waals surface area contributed by atoms with E-state index in [1.54, 1.807) is 28.1 Å². The Morgan fingerprint density at radius 1 is 1.00 bits per heavy atom. The summed E-state index contributed by atoms with van der Waals surface area (Å²) < 4.78 is 16.0. The molecule has 1 aliphatic rings. The van der Waals surface area contributed by atoms with Crippen molar-refractivity contribution in [2.24, 2.45) is 0 Å². The molecule has 30 heavy (non-hydrogen) atoms. The van der Waals surface area contributed by atoms with Crippen molar-refractivity contribution in [3.8, 4) is 5.13 Å². The van der Waals surface area contributed by atoms with Gasteiger partial charge in [0.05, 0.1) is 11.1 Å². The van der Waals surface area contributed by atoms with Gasteiger partial charge in [0.1, 0.15) is 5.82 Å². The lowest BCUT2D eigenvalue weighted by molar-refractivity contribution is 0.0715. The van der Waals surface area contributed by atoms with E-state index in [4.69, 9.17) is 0 Å². The van der Waals surface area contributed by atoms with E-state index in [1.807, 2.05) is 29.9 Å². The molecule has 0 bridgehead atoms. The minimum absolute atomic E-state index is 0.0499. The molecule has 3 heterocycles. The standard InChI is InChI=1S/C22H23FN4O2S/c1-15-14-18(16(2)27(15)22-24-8-13-30-22)21(29)26-10-5-9-25(11-12-26)20(28)17-6-3-4-7-19(17)23/h3-4,6-8,13-14H,5,9-12H2,1-2H3. The molecular weight excluding hydrogens is 403 g/mol. The molecule has 0 atom stereocenters. The highest BCUT2D eigenvalue weighted by molar-refractivity contribution is 7.12. The summed E-state index contributed by atoms with van der Waals surface area (Å²) in [4.78, 5) is 33.7. The highest BCUT2D eigenvalue weighted by Gasteiger charge is 2.27. The molecule has 1 aromatic carbocycles. The fraction of sp³-hybridized carbons (Fsp3) is 0.318. The average molecular weight is 427 g/mol. The Labute approximate surface area is 178 Å². The normalized spacial score (nSPS) is 14.6. The van der Waals surface area contributed by atoms with E-state index in [1.165, 1.54) is 23.5 Å². The Bertz CT molecular complexity index is 1080. The minimum atomic E-state index is -0.519. The Hall–Kier alpha value is -3.00. The third kappa shape index (κ3) is 3.75. The molecule has 0 unspecified atom stereocenters. The molecule has 2 aromatic heterocycles. The topological polar surface area (TPSA) is 58.4 Å².